The monoisotopic (exact) mass is 1810 g/mol. The number of aromatic nitrogens is 2. The second kappa shape index (κ2) is 48.1. The van der Waals surface area contributed by atoms with Crippen molar-refractivity contribution in [3.63, 3.8) is 0 Å². The smallest absolute Gasteiger partial charge is 0.323 e. The van der Waals surface area contributed by atoms with Gasteiger partial charge in [-0.3, -0.25) is 76.7 Å². The van der Waals surface area contributed by atoms with E-state index in [9.17, 15) is 53.7 Å². The van der Waals surface area contributed by atoms with E-state index in [1.54, 1.807) is 74.8 Å². The van der Waals surface area contributed by atoms with E-state index in [4.69, 9.17) is 22.9 Å². The van der Waals surface area contributed by atoms with Crippen molar-refractivity contribution in [1.82, 2.24) is 76.6 Å². The maximum atomic E-state index is 15.9. The number of nitrogens with zero attached hydrogens (tertiary/aromatic N) is 6. The summed E-state index contributed by atoms with van der Waals surface area (Å²) in [6.45, 7) is 9.20. The summed E-state index contributed by atoms with van der Waals surface area (Å²) in [7, 11) is 2.82. The molecule has 0 radical (unpaired) electrons. The minimum absolute atomic E-state index is 0.00487. The first-order chi connectivity index (χ1) is 61.9. The number of para-hydroxylation sites is 2. The van der Waals surface area contributed by atoms with Crippen molar-refractivity contribution in [2.75, 3.05) is 53.4 Å². The zero-order valence-corrected chi connectivity index (χ0v) is 75.8. The zero-order valence-electron chi connectivity index (χ0n) is 75.8. The van der Waals surface area contributed by atoms with Crippen molar-refractivity contribution >= 4 is 116 Å². The fourth-order valence-corrected chi connectivity index (χ4v) is 17.9. The third-order valence-corrected chi connectivity index (χ3v) is 24.9. The molecule has 6 heterocycles. The number of aromatic hydroxyl groups is 1. The van der Waals surface area contributed by atoms with Crippen LogP contribution >= 0.6 is 0 Å². The molecule has 0 bridgehead atoms. The van der Waals surface area contributed by atoms with E-state index in [1.165, 1.54) is 57.6 Å². The predicted molar refractivity (Wildman–Crippen MR) is 482 cm³/mol. The number of amides is 14. The molecule has 14 amide bonds. The molecule has 710 valence electrons. The van der Waals surface area contributed by atoms with E-state index in [1.807, 2.05) is 27.7 Å². The number of aliphatic hydroxyl groups is 1. The summed E-state index contributed by atoms with van der Waals surface area (Å²) in [5.41, 5.74) is 27.5. The van der Waals surface area contributed by atoms with Crippen LogP contribution in [-0.2, 0) is 103 Å². The number of carbonyl (C=O) groups is 16. The van der Waals surface area contributed by atoms with E-state index in [2.05, 4.69) is 47.5 Å². The van der Waals surface area contributed by atoms with E-state index in [0.29, 0.717) is 77.0 Å². The van der Waals surface area contributed by atoms with Crippen LogP contribution in [0.2, 0.25) is 0 Å². The molecule has 4 aliphatic rings. The maximum Gasteiger partial charge on any atom is 0.323 e. The number of rotatable bonds is 23. The highest BCUT2D eigenvalue weighted by molar-refractivity contribution is 6.02. The number of nitrogens with one attached hydrogen (secondary N) is 9. The van der Waals surface area contributed by atoms with Crippen molar-refractivity contribution in [1.29, 1.82) is 0 Å². The summed E-state index contributed by atoms with van der Waals surface area (Å²) in [6.07, 6.45) is 2.73. The number of hydrogen-bond acceptors (Lipinski definition) is 21. The highest BCUT2D eigenvalue weighted by atomic mass is 16.4. The van der Waals surface area contributed by atoms with Crippen molar-refractivity contribution in [3.05, 3.63) is 102 Å². The molecule has 0 spiro atoms. The standard InChI is InChI=1S/C92H133N19O19/c1-9-11-25-72-85(123)100-65(39-52(3)4)82(120)97-36-19-23-62(95)81(119)101-67(41-54-30-32-58(112)33-31-54)89(127)109-37-18-17-28-73(109)86(124)104-69(46-78(96)115)90(128)110-38-20-29-74(110)87(125)105-70(47-94)84(122)102-66(40-53(5)6)91(129)111-50-59(113)45-76(111)77(114)44-55(42-56-48-98-63-24-15-13-21-60(56)63)80(118)99-64(34-35-93)83(121)103-68(88(126)107(8)75(26-12-10-2)92(130)106(72)7)43-57-49-108(51-79(116)117)71-27-16-14-22-61(57)71/h13-16,21-22,24,27,30-33,48-49,52-53,55,59,62,64-70,72-76,98,112-113H,9-12,17-20,23,25-26,28-29,34-47,50-51,93-95H2,1-8H3,(H2,96,115)(H,97,120)(H,99,118)(H,100,123)(H,101,119)(H,102,122)(H,103,121)(H,104,124)(H,105,125)(H,116,117)/t55-,59-,62-,64+,65+,66+,67+,68+,69+,70+,72+,73+,74+,75+,76+/m1/s1. The molecule has 38 heteroatoms. The van der Waals surface area contributed by atoms with Gasteiger partial charge >= 0.3 is 5.97 Å². The molecule has 0 unspecified atom stereocenters. The number of ketones is 1. The molecule has 0 saturated carbocycles. The first-order valence-electron chi connectivity index (χ1n) is 45.6. The first-order valence-corrected chi connectivity index (χ1v) is 45.6. The van der Waals surface area contributed by atoms with E-state index in [0.717, 1.165) is 9.80 Å². The Balaban J connectivity index is 1.08. The fraction of sp³-hybridized carbons (Fsp3) is 0.587. The van der Waals surface area contributed by atoms with Gasteiger partial charge in [0, 0.05) is 113 Å². The molecule has 20 N–H and O–H groups in total. The lowest BCUT2D eigenvalue weighted by molar-refractivity contribution is -0.149. The lowest BCUT2D eigenvalue weighted by Gasteiger charge is -2.38. The summed E-state index contributed by atoms with van der Waals surface area (Å²) in [5.74, 6) is -15.3. The van der Waals surface area contributed by atoms with Crippen LogP contribution in [0.15, 0.2) is 85.2 Å². The van der Waals surface area contributed by atoms with Gasteiger partial charge in [-0.25, -0.2) is 0 Å². The number of benzene rings is 3. The number of H-pyrrole nitrogens is 1. The molecule has 38 nitrogen and oxygen atoms in total. The molecule has 4 fully saturated rings. The minimum atomic E-state index is -1.70. The van der Waals surface area contributed by atoms with Gasteiger partial charge in [0.1, 0.15) is 78.8 Å². The number of Topliss-reactive ketones (excluding diaryl/α,β-unsaturated/α-hetero) is 1. The number of aliphatic carboxylic acids is 1. The van der Waals surface area contributed by atoms with Gasteiger partial charge < -0.3 is 115 Å². The third kappa shape index (κ3) is 27.1. The number of carbonyl (C=O) groups excluding carboxylic acids is 15. The van der Waals surface area contributed by atoms with Gasteiger partial charge in [0.2, 0.25) is 82.7 Å². The Morgan fingerprint density at radius 3 is 1.72 bits per heavy atom. The van der Waals surface area contributed by atoms with Gasteiger partial charge in [0.05, 0.1) is 24.6 Å². The van der Waals surface area contributed by atoms with E-state index >= 15 is 38.4 Å². The number of nitrogens with two attached hydrogens (primary N) is 4. The maximum absolute atomic E-state index is 15.9. The summed E-state index contributed by atoms with van der Waals surface area (Å²) < 4.78 is 1.47. The van der Waals surface area contributed by atoms with Crippen molar-refractivity contribution in [3.8, 4) is 5.75 Å². The second-order valence-electron chi connectivity index (χ2n) is 35.8. The fourth-order valence-electron chi connectivity index (χ4n) is 17.9. The number of primary amides is 1. The molecule has 15 atom stereocenters. The van der Waals surface area contributed by atoms with Gasteiger partial charge in [-0.2, -0.15) is 0 Å². The molecule has 2 aromatic heterocycles. The number of carboxylic acids is 1. The van der Waals surface area contributed by atoms with Crippen LogP contribution in [0, 0.1) is 17.8 Å². The van der Waals surface area contributed by atoms with Crippen LogP contribution in [0.5, 0.6) is 5.75 Å². The Labute approximate surface area is 757 Å². The van der Waals surface area contributed by atoms with E-state index in [-0.39, 0.29) is 134 Å². The minimum Gasteiger partial charge on any atom is -0.508 e. The Morgan fingerprint density at radius 2 is 1.08 bits per heavy atom. The number of aromatic amines is 1. The summed E-state index contributed by atoms with van der Waals surface area (Å²) in [6, 6.07) is 1.61. The number of phenolic OH excluding ortho intramolecular Hbond substituents is 1. The Bertz CT molecular complexity index is 4840. The predicted octanol–water partition coefficient (Wildman–Crippen LogP) is 0.790. The highest BCUT2D eigenvalue weighted by Gasteiger charge is 2.47. The molecule has 5 aromatic rings. The highest BCUT2D eigenvalue weighted by Crippen LogP contribution is 2.31. The van der Waals surface area contributed by atoms with Gasteiger partial charge in [-0.05, 0) is 143 Å². The molecule has 130 heavy (non-hydrogen) atoms. The van der Waals surface area contributed by atoms with Crippen LogP contribution < -0.4 is 65.5 Å². The summed E-state index contributed by atoms with van der Waals surface area (Å²) >= 11 is 0. The van der Waals surface area contributed by atoms with E-state index < -0.39 is 217 Å². The number of fused-ring (bicyclic) bond motifs is 5. The number of carboxylic acid groups (broad SMARTS) is 1. The number of hydrogen-bond donors (Lipinski definition) is 16. The summed E-state index contributed by atoms with van der Waals surface area (Å²) in [5, 5.41) is 55.2. The lowest BCUT2D eigenvalue weighted by atomic mass is 9.90. The average molecular weight is 1810 g/mol. The number of likely N-dealkylation sites (N-methyl/N-ethyl adjacent to an activating group) is 2. The van der Waals surface area contributed by atoms with Crippen LogP contribution in [0.25, 0.3) is 21.8 Å². The normalized spacial score (nSPS) is 26.0. The average Bonchev–Trinajstić information content (AvgIpc) is 1.64. The van der Waals surface area contributed by atoms with Crippen LogP contribution in [-0.4, -0.2) is 282 Å². The number of unbranched alkanes of at least 4 members (excludes halogenated alkanes) is 2. The van der Waals surface area contributed by atoms with Gasteiger partial charge in [0.25, 0.3) is 0 Å². The largest absolute Gasteiger partial charge is 0.508 e. The van der Waals surface area contributed by atoms with Crippen molar-refractivity contribution in [2.45, 2.75) is 274 Å². The summed E-state index contributed by atoms with van der Waals surface area (Å²) in [4.78, 5) is 245. The molecule has 4 saturated heterocycles. The number of phenols is 1. The number of aliphatic hydroxyl groups excluding tert-OH is 1. The molecule has 4 aliphatic heterocycles. The van der Waals surface area contributed by atoms with Crippen LogP contribution in [0.4, 0.5) is 0 Å². The molecular weight excluding hydrogens is 1680 g/mol. The quantitative estimate of drug-likeness (QED) is 0.0430. The van der Waals surface area contributed by atoms with Crippen LogP contribution in [0.3, 0.4) is 0 Å². The lowest BCUT2D eigenvalue weighted by Crippen LogP contribution is -2.62. The SMILES string of the molecule is CCCC[C@H]1C(=O)N(C)[C@@H](CCCC)C(=O)N[C@@H](CC(C)C)C(=O)NCCC[C@@H](N)C(=O)N[C@@H](Cc2ccc(O)cc2)C(=O)N2CCCC[C@H]2C(=O)N[C@@H](CC(N)=O)C(=O)N2CCC[C@H]2C(=O)N[C@@H](CN)C(=O)N[C@@H](CC(C)C)C(=O)N2C[C@H](O)C[C@H]2C(=O)C[C@@H](Cc2c[nH]c3ccccc23)C(=O)N[C@@H](CCN)C(=O)N[C@@H](Cc2cn(CC(=O)O)c3ccccc23)C(=O)N1C. The Morgan fingerprint density at radius 1 is 0.523 bits per heavy atom. The van der Waals surface area contributed by atoms with Gasteiger partial charge in [-0.1, -0.05) is 116 Å². The molecule has 9 rings (SSSR count). The van der Waals surface area contributed by atoms with Crippen molar-refractivity contribution in [2.24, 2.45) is 40.7 Å². The van der Waals surface area contributed by atoms with Gasteiger partial charge in [0.15, 0.2) is 5.78 Å². The molecule has 3 aromatic carbocycles. The third-order valence-electron chi connectivity index (χ3n) is 24.9. The Kier molecular flexibility index (Phi) is 37.7. The zero-order chi connectivity index (χ0) is 94.9. The van der Waals surface area contributed by atoms with Crippen molar-refractivity contribution < 1.29 is 92.0 Å². The first kappa shape index (κ1) is 102. The van der Waals surface area contributed by atoms with Crippen LogP contribution in [0.1, 0.15) is 180 Å². The molecule has 0 aliphatic carbocycles. The Hall–Kier alpha value is -11.9. The second-order valence-corrected chi connectivity index (χ2v) is 35.8. The molecular formula is C92H133N19O19. The number of piperidine rings is 1. The van der Waals surface area contributed by atoms with Gasteiger partial charge in [-0.15, -0.1) is 0 Å². The topological polar surface area (TPSA) is 571 Å².